The number of carbonyl (C=O) groups is 1. The van der Waals surface area contributed by atoms with E-state index in [0.29, 0.717) is 11.0 Å². The fraction of sp³-hybridized carbons (Fsp3) is 0.474. The Morgan fingerprint density at radius 2 is 2.15 bits per heavy atom. The van der Waals surface area contributed by atoms with Crippen LogP contribution in [0.15, 0.2) is 29.4 Å². The van der Waals surface area contributed by atoms with Gasteiger partial charge in [0.2, 0.25) is 11.1 Å². The first-order valence-electron chi connectivity index (χ1n) is 9.05. The molecule has 1 aromatic heterocycles. The lowest BCUT2D eigenvalue weighted by molar-refractivity contribution is -0.120. The summed E-state index contributed by atoms with van der Waals surface area (Å²) >= 11 is 1.24. The number of amides is 1. The van der Waals surface area contributed by atoms with Crippen molar-refractivity contribution in [1.29, 1.82) is 5.26 Å². The number of aromatic nitrogens is 3. The zero-order chi connectivity index (χ0) is 19.1. The molecule has 7 nitrogen and oxygen atoms in total. The minimum absolute atomic E-state index is 0.161. The summed E-state index contributed by atoms with van der Waals surface area (Å²) in [6.45, 7) is 2.26. The molecule has 1 saturated carbocycles. The fourth-order valence-electron chi connectivity index (χ4n) is 3.12. The smallest absolute Gasteiger partial charge is 0.231 e. The number of aromatic amines is 1. The minimum Gasteiger partial charge on any atom is -0.485 e. The summed E-state index contributed by atoms with van der Waals surface area (Å²) in [5.74, 6) is 1.42. The molecule has 0 atom stereocenters. The van der Waals surface area contributed by atoms with Gasteiger partial charge in [-0.05, 0) is 31.4 Å². The molecule has 142 valence electrons. The molecule has 1 fully saturated rings. The lowest BCUT2D eigenvalue weighted by Crippen LogP contribution is -2.49. The first kappa shape index (κ1) is 19.2. The Labute approximate surface area is 162 Å². The van der Waals surface area contributed by atoms with Crippen molar-refractivity contribution >= 4 is 17.7 Å². The maximum Gasteiger partial charge on any atom is 0.231 e. The van der Waals surface area contributed by atoms with Crippen LogP contribution in [0.3, 0.4) is 0 Å². The van der Waals surface area contributed by atoms with Crippen LogP contribution in [0, 0.1) is 18.3 Å². The van der Waals surface area contributed by atoms with E-state index in [1.807, 2.05) is 31.2 Å². The second kappa shape index (κ2) is 8.91. The molecule has 0 saturated heterocycles. The lowest BCUT2D eigenvalue weighted by atomic mass is 9.83. The highest BCUT2D eigenvalue weighted by molar-refractivity contribution is 7.99. The van der Waals surface area contributed by atoms with Gasteiger partial charge in [-0.1, -0.05) is 49.2 Å². The summed E-state index contributed by atoms with van der Waals surface area (Å²) < 4.78 is 5.73. The lowest BCUT2D eigenvalue weighted by Gasteiger charge is -2.31. The van der Waals surface area contributed by atoms with Gasteiger partial charge in [-0.2, -0.15) is 5.26 Å². The number of benzene rings is 1. The molecule has 0 aliphatic heterocycles. The quantitative estimate of drug-likeness (QED) is 0.710. The summed E-state index contributed by atoms with van der Waals surface area (Å²) in [7, 11) is 0. The fourth-order valence-corrected chi connectivity index (χ4v) is 3.74. The molecule has 1 amide bonds. The Kier molecular flexibility index (Phi) is 6.35. The number of nitrogens with one attached hydrogen (secondary N) is 2. The summed E-state index contributed by atoms with van der Waals surface area (Å²) in [5.41, 5.74) is 0.346. The van der Waals surface area contributed by atoms with E-state index in [1.165, 1.54) is 11.8 Å². The number of H-pyrrole nitrogens is 1. The second-order valence-electron chi connectivity index (χ2n) is 6.71. The molecule has 3 rings (SSSR count). The van der Waals surface area contributed by atoms with Gasteiger partial charge in [0.15, 0.2) is 5.82 Å². The molecule has 0 unspecified atom stereocenters. The number of nitriles is 1. The largest absolute Gasteiger partial charge is 0.485 e. The van der Waals surface area contributed by atoms with Crippen LogP contribution < -0.4 is 10.1 Å². The molecule has 1 heterocycles. The highest BCUT2D eigenvalue weighted by Gasteiger charge is 2.33. The molecule has 0 radical (unpaired) electrons. The molecule has 8 heteroatoms. The Bertz CT molecular complexity index is 824. The number of carbonyl (C=O) groups excluding carboxylic acids is 1. The maximum atomic E-state index is 12.2. The third-order valence-corrected chi connectivity index (χ3v) is 5.45. The van der Waals surface area contributed by atoms with E-state index in [2.05, 4.69) is 26.6 Å². The molecular formula is C19H23N5O2S. The van der Waals surface area contributed by atoms with E-state index in [-0.39, 0.29) is 18.3 Å². The number of hydrogen-bond acceptors (Lipinski definition) is 6. The van der Waals surface area contributed by atoms with Crippen molar-refractivity contribution in [2.24, 2.45) is 0 Å². The van der Waals surface area contributed by atoms with Gasteiger partial charge in [-0.25, -0.2) is 4.98 Å². The second-order valence-corrected chi connectivity index (χ2v) is 7.65. The number of thioether (sulfide) groups is 1. The average Bonchev–Trinajstić information content (AvgIpc) is 3.14. The molecule has 27 heavy (non-hydrogen) atoms. The molecule has 0 bridgehead atoms. The van der Waals surface area contributed by atoms with E-state index >= 15 is 0 Å². The predicted molar refractivity (Wildman–Crippen MR) is 102 cm³/mol. The van der Waals surface area contributed by atoms with Crippen LogP contribution in [-0.4, -0.2) is 32.4 Å². The van der Waals surface area contributed by atoms with Crippen LogP contribution in [-0.2, 0) is 11.4 Å². The third kappa shape index (κ3) is 5.23. The van der Waals surface area contributed by atoms with Gasteiger partial charge < -0.3 is 10.1 Å². The van der Waals surface area contributed by atoms with Crippen molar-refractivity contribution in [2.45, 2.75) is 56.3 Å². The van der Waals surface area contributed by atoms with Crippen molar-refractivity contribution in [3.8, 4) is 11.8 Å². The molecular weight excluding hydrogens is 362 g/mol. The van der Waals surface area contributed by atoms with Crippen molar-refractivity contribution in [1.82, 2.24) is 20.5 Å². The highest BCUT2D eigenvalue weighted by Crippen LogP contribution is 2.27. The average molecular weight is 385 g/mol. The number of nitrogens with zero attached hydrogens (tertiary/aromatic N) is 3. The Balaban J connectivity index is 1.47. The van der Waals surface area contributed by atoms with Gasteiger partial charge in [-0.15, -0.1) is 5.10 Å². The summed E-state index contributed by atoms with van der Waals surface area (Å²) in [4.78, 5) is 16.6. The highest BCUT2D eigenvalue weighted by atomic mass is 32.2. The van der Waals surface area contributed by atoms with Crippen LogP contribution in [0.5, 0.6) is 5.75 Å². The SMILES string of the molecule is Cc1ccccc1OCc1nc(SCC(=O)NC2(C#N)CCCCC2)n[nH]1. The topological polar surface area (TPSA) is 104 Å². The van der Waals surface area contributed by atoms with Gasteiger partial charge in [-0.3, -0.25) is 9.89 Å². The van der Waals surface area contributed by atoms with E-state index in [9.17, 15) is 10.1 Å². The molecule has 1 aliphatic carbocycles. The molecule has 0 spiro atoms. The van der Waals surface area contributed by atoms with E-state index in [4.69, 9.17) is 4.74 Å². The predicted octanol–water partition coefficient (Wildman–Crippen LogP) is 3.13. The monoisotopic (exact) mass is 385 g/mol. The van der Waals surface area contributed by atoms with Gasteiger partial charge >= 0.3 is 0 Å². The van der Waals surface area contributed by atoms with Gasteiger partial charge in [0.25, 0.3) is 0 Å². The van der Waals surface area contributed by atoms with Crippen LogP contribution in [0.4, 0.5) is 0 Å². The standard InChI is InChI=1S/C19H23N5O2S/c1-14-7-3-4-8-15(14)26-11-16-21-18(24-23-16)27-12-17(25)22-19(13-20)9-5-2-6-10-19/h3-4,7-8H,2,5-6,9-12H2,1H3,(H,22,25)(H,21,23,24). The first-order valence-corrected chi connectivity index (χ1v) is 10.0. The van der Waals surface area contributed by atoms with Crippen molar-refractivity contribution in [3.05, 3.63) is 35.7 Å². The van der Waals surface area contributed by atoms with Crippen molar-refractivity contribution < 1.29 is 9.53 Å². The maximum absolute atomic E-state index is 12.2. The molecule has 1 aliphatic rings. The normalized spacial score (nSPS) is 15.7. The Morgan fingerprint density at radius 1 is 1.37 bits per heavy atom. The van der Waals surface area contributed by atoms with E-state index < -0.39 is 5.54 Å². The van der Waals surface area contributed by atoms with Crippen molar-refractivity contribution in [3.63, 3.8) is 0 Å². The molecule has 1 aromatic carbocycles. The Morgan fingerprint density at radius 3 is 2.89 bits per heavy atom. The number of para-hydroxylation sites is 1. The molecule has 2 aromatic rings. The van der Waals surface area contributed by atoms with Gasteiger partial charge in [0.05, 0.1) is 11.8 Å². The van der Waals surface area contributed by atoms with Crippen LogP contribution in [0.1, 0.15) is 43.5 Å². The number of rotatable bonds is 7. The zero-order valence-corrected chi connectivity index (χ0v) is 16.1. The summed E-state index contributed by atoms with van der Waals surface area (Å²) in [6, 6.07) is 10.1. The first-order chi connectivity index (χ1) is 13.1. The Hall–Kier alpha value is -2.53. The number of ether oxygens (including phenoxy) is 1. The van der Waals surface area contributed by atoms with Crippen LogP contribution in [0.25, 0.3) is 0 Å². The molecule has 2 N–H and O–H groups in total. The van der Waals surface area contributed by atoms with E-state index in [0.717, 1.165) is 43.4 Å². The van der Waals surface area contributed by atoms with Crippen LogP contribution in [0.2, 0.25) is 0 Å². The van der Waals surface area contributed by atoms with Gasteiger partial charge in [0, 0.05) is 0 Å². The van der Waals surface area contributed by atoms with Crippen molar-refractivity contribution in [2.75, 3.05) is 5.75 Å². The third-order valence-electron chi connectivity index (χ3n) is 4.60. The summed E-state index contributed by atoms with van der Waals surface area (Å²) in [5, 5.41) is 19.8. The zero-order valence-electron chi connectivity index (χ0n) is 15.3. The summed E-state index contributed by atoms with van der Waals surface area (Å²) in [6.07, 6.45) is 4.53. The van der Waals surface area contributed by atoms with Gasteiger partial charge in [0.1, 0.15) is 17.9 Å². The number of hydrogen-bond donors (Lipinski definition) is 2. The van der Waals surface area contributed by atoms with E-state index in [1.54, 1.807) is 0 Å². The number of aryl methyl sites for hydroxylation is 1. The van der Waals surface area contributed by atoms with Crippen LogP contribution >= 0.6 is 11.8 Å². The minimum atomic E-state index is -0.707.